The molecule has 0 saturated heterocycles. The number of hydrogen-bond donors (Lipinski definition) is 1. The first-order valence-electron chi connectivity index (χ1n) is 10.4. The van der Waals surface area contributed by atoms with Gasteiger partial charge in [0.15, 0.2) is 0 Å². The fraction of sp³-hybridized carbons (Fsp3) is 0.154. The molecule has 1 N–H and O–H groups in total. The van der Waals surface area contributed by atoms with Crippen molar-refractivity contribution in [2.24, 2.45) is 0 Å². The van der Waals surface area contributed by atoms with Crippen molar-refractivity contribution in [3.05, 3.63) is 90.0 Å². The van der Waals surface area contributed by atoms with Gasteiger partial charge in [0, 0.05) is 22.4 Å². The van der Waals surface area contributed by atoms with Gasteiger partial charge in [-0.3, -0.25) is 4.79 Å². The molecule has 0 unspecified atom stereocenters. The van der Waals surface area contributed by atoms with Crippen LogP contribution in [0.5, 0.6) is 11.5 Å². The van der Waals surface area contributed by atoms with E-state index in [0.717, 1.165) is 37.9 Å². The second-order valence-electron chi connectivity index (χ2n) is 7.03. The normalized spacial score (nSPS) is 10.7. The zero-order valence-corrected chi connectivity index (χ0v) is 18.8. The average Bonchev–Trinajstić information content (AvgIpc) is 2.83. The minimum absolute atomic E-state index is 0.150. The summed E-state index contributed by atoms with van der Waals surface area (Å²) in [5, 5.41) is 4.60. The van der Waals surface area contributed by atoms with Crippen LogP contribution in [0.3, 0.4) is 0 Å². The maximum absolute atomic E-state index is 13.1. The van der Waals surface area contributed by atoms with Crippen molar-refractivity contribution in [1.29, 1.82) is 0 Å². The third kappa shape index (κ3) is 5.03. The van der Waals surface area contributed by atoms with Crippen LogP contribution in [0.4, 0.5) is 0 Å². The third-order valence-corrected chi connectivity index (χ3v) is 5.85. The fourth-order valence-corrected chi connectivity index (χ4v) is 4.24. The molecule has 0 radical (unpaired) electrons. The minimum Gasteiger partial charge on any atom is -0.496 e. The van der Waals surface area contributed by atoms with Crippen LogP contribution in [0.1, 0.15) is 22.8 Å². The molecule has 1 heterocycles. The Morgan fingerprint density at radius 2 is 1.75 bits per heavy atom. The molecule has 162 valence electrons. The summed E-state index contributed by atoms with van der Waals surface area (Å²) >= 11 is 1.51. The van der Waals surface area contributed by atoms with Crippen molar-refractivity contribution >= 4 is 28.6 Å². The topological polar surface area (TPSA) is 60.5 Å². The molecule has 0 spiro atoms. The zero-order chi connectivity index (χ0) is 22.3. The summed E-state index contributed by atoms with van der Waals surface area (Å²) in [4.78, 5) is 18.9. The van der Waals surface area contributed by atoms with Gasteiger partial charge in [0.25, 0.3) is 5.91 Å². The monoisotopic (exact) mass is 444 g/mol. The number of nitrogens with zero attached hydrogens (tertiary/aromatic N) is 1. The minimum atomic E-state index is -0.150. The van der Waals surface area contributed by atoms with Crippen LogP contribution in [0, 0.1) is 0 Å². The van der Waals surface area contributed by atoms with Crippen molar-refractivity contribution in [3.63, 3.8) is 0 Å². The summed E-state index contributed by atoms with van der Waals surface area (Å²) in [6.45, 7) is 2.97. The van der Waals surface area contributed by atoms with Gasteiger partial charge in [0.05, 0.1) is 24.8 Å². The first kappa shape index (κ1) is 21.7. The first-order valence-corrected chi connectivity index (χ1v) is 11.2. The highest BCUT2D eigenvalue weighted by Gasteiger charge is 2.14. The van der Waals surface area contributed by atoms with Gasteiger partial charge >= 0.3 is 0 Å². The number of carbonyl (C=O) groups is 1. The summed E-state index contributed by atoms with van der Waals surface area (Å²) in [6, 6.07) is 25.1. The molecule has 0 atom stereocenters. The highest BCUT2D eigenvalue weighted by atomic mass is 32.2. The zero-order valence-electron chi connectivity index (χ0n) is 18.0. The first-order chi connectivity index (χ1) is 15.7. The Hall–Kier alpha value is -3.51. The van der Waals surface area contributed by atoms with E-state index in [9.17, 15) is 4.79 Å². The Bertz CT molecular complexity index is 1230. The largest absolute Gasteiger partial charge is 0.496 e. The number of nitrogens with one attached hydrogen (secondary N) is 1. The number of aromatic nitrogens is 1. The van der Waals surface area contributed by atoms with Gasteiger partial charge in [-0.25, -0.2) is 4.98 Å². The van der Waals surface area contributed by atoms with Gasteiger partial charge in [-0.15, -0.1) is 0 Å². The van der Waals surface area contributed by atoms with E-state index in [0.29, 0.717) is 18.7 Å². The Labute approximate surface area is 191 Å². The van der Waals surface area contributed by atoms with Crippen LogP contribution in [0.15, 0.2) is 88.8 Å². The molecular formula is C26H24N2O3S. The Morgan fingerprint density at radius 1 is 1.00 bits per heavy atom. The number of rotatable bonds is 8. The van der Waals surface area contributed by atoms with Crippen LogP contribution >= 0.6 is 11.8 Å². The molecular weight excluding hydrogens is 420 g/mol. The summed E-state index contributed by atoms with van der Waals surface area (Å²) in [5.41, 5.74) is 2.30. The van der Waals surface area contributed by atoms with Crippen LogP contribution in [0.25, 0.3) is 10.9 Å². The van der Waals surface area contributed by atoms with Gasteiger partial charge in [-0.2, -0.15) is 0 Å². The van der Waals surface area contributed by atoms with E-state index >= 15 is 0 Å². The number of methoxy groups -OCH3 is 1. The van der Waals surface area contributed by atoms with E-state index in [2.05, 4.69) is 5.32 Å². The lowest BCUT2D eigenvalue weighted by molar-refractivity contribution is 0.0952. The molecule has 1 aromatic heterocycles. The molecule has 3 aromatic carbocycles. The molecule has 0 aliphatic rings. The second kappa shape index (κ2) is 10.2. The number of pyridine rings is 1. The predicted molar refractivity (Wildman–Crippen MR) is 128 cm³/mol. The number of amides is 1. The number of benzene rings is 3. The summed E-state index contributed by atoms with van der Waals surface area (Å²) in [6.07, 6.45) is 0. The average molecular weight is 445 g/mol. The highest BCUT2D eigenvalue weighted by molar-refractivity contribution is 7.99. The number of fused-ring (bicyclic) bond motifs is 1. The molecule has 32 heavy (non-hydrogen) atoms. The number of ether oxygens (including phenoxy) is 2. The standard InChI is InChI=1S/C26H24N2O3S/c1-3-31-19-12-14-20(15-13-19)32-25-16-22(21-9-5-6-10-23(21)28-25)26(29)27-17-18-8-4-7-11-24(18)30-2/h4-16H,3,17H2,1-2H3,(H,27,29). The van der Waals surface area contributed by atoms with Crippen molar-refractivity contribution in [2.45, 2.75) is 23.4 Å². The Morgan fingerprint density at radius 3 is 2.53 bits per heavy atom. The lowest BCUT2D eigenvalue weighted by Crippen LogP contribution is -2.23. The molecule has 0 aliphatic heterocycles. The smallest absolute Gasteiger partial charge is 0.252 e. The predicted octanol–water partition coefficient (Wildman–Crippen LogP) is 5.72. The van der Waals surface area contributed by atoms with Crippen molar-refractivity contribution in [2.75, 3.05) is 13.7 Å². The highest BCUT2D eigenvalue weighted by Crippen LogP contribution is 2.31. The molecule has 0 aliphatic carbocycles. The third-order valence-electron chi connectivity index (χ3n) is 4.93. The van der Waals surface area contributed by atoms with Gasteiger partial charge in [0.1, 0.15) is 16.5 Å². The lowest BCUT2D eigenvalue weighted by atomic mass is 10.1. The van der Waals surface area contributed by atoms with Crippen molar-refractivity contribution in [3.8, 4) is 11.5 Å². The van der Waals surface area contributed by atoms with Crippen LogP contribution in [0.2, 0.25) is 0 Å². The van der Waals surface area contributed by atoms with Gasteiger partial charge in [0.2, 0.25) is 0 Å². The second-order valence-corrected chi connectivity index (χ2v) is 8.12. The number of carbonyl (C=O) groups excluding carboxylic acids is 1. The van der Waals surface area contributed by atoms with Gasteiger partial charge in [-0.1, -0.05) is 48.2 Å². The Kier molecular flexibility index (Phi) is 6.92. The van der Waals surface area contributed by atoms with Crippen LogP contribution in [-0.4, -0.2) is 24.6 Å². The summed E-state index contributed by atoms with van der Waals surface area (Å²) in [7, 11) is 1.63. The molecule has 0 saturated carbocycles. The van der Waals surface area contributed by atoms with Crippen molar-refractivity contribution in [1.82, 2.24) is 10.3 Å². The molecule has 6 heteroatoms. The molecule has 5 nitrogen and oxygen atoms in total. The van der Waals surface area contributed by atoms with Crippen LogP contribution < -0.4 is 14.8 Å². The summed E-state index contributed by atoms with van der Waals surface area (Å²) < 4.78 is 10.9. The molecule has 1 amide bonds. The number of para-hydroxylation sites is 2. The van der Waals surface area contributed by atoms with E-state index in [-0.39, 0.29) is 5.91 Å². The maximum Gasteiger partial charge on any atom is 0.252 e. The molecule has 4 aromatic rings. The SMILES string of the molecule is CCOc1ccc(Sc2cc(C(=O)NCc3ccccc3OC)c3ccccc3n2)cc1. The summed E-state index contributed by atoms with van der Waals surface area (Å²) in [5.74, 6) is 1.43. The van der Waals surface area contributed by atoms with Gasteiger partial charge in [-0.05, 0) is 49.4 Å². The van der Waals surface area contributed by atoms with Crippen LogP contribution in [-0.2, 0) is 6.54 Å². The molecule has 4 rings (SSSR count). The fourth-order valence-electron chi connectivity index (χ4n) is 3.40. The number of hydrogen-bond acceptors (Lipinski definition) is 5. The van der Waals surface area contributed by atoms with E-state index in [4.69, 9.17) is 14.5 Å². The lowest BCUT2D eigenvalue weighted by Gasteiger charge is -2.12. The van der Waals surface area contributed by atoms with E-state index < -0.39 is 0 Å². The van der Waals surface area contributed by atoms with E-state index in [1.54, 1.807) is 7.11 Å². The Balaban J connectivity index is 1.59. The molecule has 0 bridgehead atoms. The van der Waals surface area contributed by atoms with Gasteiger partial charge < -0.3 is 14.8 Å². The van der Waals surface area contributed by atoms with E-state index in [1.807, 2.05) is 85.8 Å². The van der Waals surface area contributed by atoms with Crippen molar-refractivity contribution < 1.29 is 14.3 Å². The molecule has 0 fully saturated rings. The quantitative estimate of drug-likeness (QED) is 0.376. The van der Waals surface area contributed by atoms with E-state index in [1.165, 1.54) is 11.8 Å². The maximum atomic E-state index is 13.1.